The predicted octanol–water partition coefficient (Wildman–Crippen LogP) is 2.22. The Morgan fingerprint density at radius 2 is 1.67 bits per heavy atom. The Morgan fingerprint density at radius 3 is 2.33 bits per heavy atom. The lowest BCUT2D eigenvalue weighted by molar-refractivity contribution is -0.140. The van der Waals surface area contributed by atoms with Gasteiger partial charge in [0.2, 0.25) is 5.91 Å². The van der Waals surface area contributed by atoms with E-state index in [1.54, 1.807) is 0 Å². The molecule has 1 amide bonds. The van der Waals surface area contributed by atoms with Crippen LogP contribution in [-0.2, 0) is 9.59 Å². The van der Waals surface area contributed by atoms with Crippen LogP contribution in [0.1, 0.15) is 70.6 Å². The van der Waals surface area contributed by atoms with Crippen LogP contribution in [0.3, 0.4) is 0 Å². The summed E-state index contributed by atoms with van der Waals surface area (Å²) in [5.41, 5.74) is -0.369. The second-order valence-electron chi connectivity index (χ2n) is 6.83. The summed E-state index contributed by atoms with van der Waals surface area (Å²) >= 11 is 0. The molecule has 0 aromatic rings. The molecule has 120 valence electrons. The molecule has 21 heavy (non-hydrogen) atoms. The molecule has 0 heterocycles. The number of carboxylic acids is 1. The van der Waals surface area contributed by atoms with Gasteiger partial charge in [-0.05, 0) is 31.1 Å². The minimum absolute atomic E-state index is 0.0770. The minimum Gasteiger partial charge on any atom is -0.481 e. The van der Waals surface area contributed by atoms with Crippen LogP contribution >= 0.6 is 0 Å². The summed E-state index contributed by atoms with van der Waals surface area (Å²) in [5.74, 6) is -0.914. The molecule has 2 fully saturated rings. The van der Waals surface area contributed by atoms with E-state index in [-0.39, 0.29) is 30.2 Å². The number of hydrogen-bond donors (Lipinski definition) is 3. The van der Waals surface area contributed by atoms with Crippen LogP contribution in [0.5, 0.6) is 0 Å². The van der Waals surface area contributed by atoms with Crippen LogP contribution < -0.4 is 5.32 Å². The van der Waals surface area contributed by atoms with Gasteiger partial charge in [-0.15, -0.1) is 0 Å². The third kappa shape index (κ3) is 4.70. The normalized spacial score (nSPS) is 28.8. The molecule has 2 rings (SSSR count). The molecular formula is C16H27NO4. The van der Waals surface area contributed by atoms with Crippen LogP contribution in [0.4, 0.5) is 0 Å². The van der Waals surface area contributed by atoms with E-state index in [1.165, 1.54) is 0 Å². The van der Waals surface area contributed by atoms with Gasteiger partial charge in [0.1, 0.15) is 0 Å². The molecule has 5 nitrogen and oxygen atoms in total. The summed E-state index contributed by atoms with van der Waals surface area (Å²) < 4.78 is 0. The van der Waals surface area contributed by atoms with Gasteiger partial charge >= 0.3 is 5.97 Å². The maximum Gasteiger partial charge on any atom is 0.303 e. The van der Waals surface area contributed by atoms with E-state index in [0.717, 1.165) is 57.8 Å². The molecule has 2 saturated carbocycles. The summed E-state index contributed by atoms with van der Waals surface area (Å²) in [6.45, 7) is 0. The van der Waals surface area contributed by atoms with Gasteiger partial charge in [0.05, 0.1) is 18.6 Å². The lowest BCUT2D eigenvalue weighted by atomic mass is 9.79. The van der Waals surface area contributed by atoms with E-state index in [4.69, 9.17) is 5.11 Å². The van der Waals surface area contributed by atoms with Gasteiger partial charge in [-0.3, -0.25) is 9.59 Å². The second-order valence-corrected chi connectivity index (χ2v) is 6.83. The summed E-state index contributed by atoms with van der Waals surface area (Å²) in [6, 6.07) is -0.164. The fourth-order valence-corrected chi connectivity index (χ4v) is 3.92. The zero-order chi connectivity index (χ0) is 15.3. The molecule has 0 radical (unpaired) electrons. The number of aliphatic hydroxyl groups is 1. The van der Waals surface area contributed by atoms with Crippen molar-refractivity contribution in [1.82, 2.24) is 5.32 Å². The molecule has 0 saturated heterocycles. The van der Waals surface area contributed by atoms with E-state index < -0.39 is 12.1 Å². The van der Waals surface area contributed by atoms with Crippen LogP contribution in [0, 0.1) is 5.41 Å². The summed E-state index contributed by atoms with van der Waals surface area (Å²) in [6.07, 6.45) is 8.25. The first kappa shape index (κ1) is 16.3. The molecule has 0 spiro atoms. The first-order valence-electron chi connectivity index (χ1n) is 8.20. The van der Waals surface area contributed by atoms with E-state index in [2.05, 4.69) is 5.32 Å². The Labute approximate surface area is 126 Å². The number of carboxylic acid groups (broad SMARTS) is 1. The van der Waals surface area contributed by atoms with Crippen LogP contribution in [0.2, 0.25) is 0 Å². The zero-order valence-corrected chi connectivity index (χ0v) is 12.6. The maximum absolute atomic E-state index is 12.3. The highest BCUT2D eigenvalue weighted by molar-refractivity contribution is 5.78. The maximum atomic E-state index is 12.3. The molecule has 0 aliphatic heterocycles. The summed E-state index contributed by atoms with van der Waals surface area (Å²) in [5, 5.41) is 22.1. The highest BCUT2D eigenvalue weighted by Crippen LogP contribution is 2.44. The van der Waals surface area contributed by atoms with Gasteiger partial charge in [0, 0.05) is 6.42 Å². The Hall–Kier alpha value is -1.10. The van der Waals surface area contributed by atoms with Gasteiger partial charge in [-0.25, -0.2) is 0 Å². The topological polar surface area (TPSA) is 86.6 Å². The highest BCUT2D eigenvalue weighted by Gasteiger charge is 2.38. The van der Waals surface area contributed by atoms with Gasteiger partial charge in [-0.1, -0.05) is 32.1 Å². The largest absolute Gasteiger partial charge is 0.481 e. The molecular weight excluding hydrogens is 270 g/mol. The number of amides is 1. The zero-order valence-electron chi connectivity index (χ0n) is 12.6. The monoisotopic (exact) mass is 297 g/mol. The van der Waals surface area contributed by atoms with Crippen molar-refractivity contribution in [2.24, 2.45) is 5.41 Å². The average Bonchev–Trinajstić information content (AvgIpc) is 2.74. The SMILES string of the molecule is O=C(O)CC1(CC(=O)NC2CCCCCC2O)CCCC1. The van der Waals surface area contributed by atoms with Gasteiger partial charge in [0.15, 0.2) is 0 Å². The Morgan fingerprint density at radius 1 is 1.00 bits per heavy atom. The van der Waals surface area contributed by atoms with Gasteiger partial charge in [-0.2, -0.15) is 0 Å². The van der Waals surface area contributed by atoms with Gasteiger partial charge < -0.3 is 15.5 Å². The van der Waals surface area contributed by atoms with Crippen molar-refractivity contribution in [2.45, 2.75) is 82.8 Å². The summed E-state index contributed by atoms with van der Waals surface area (Å²) in [7, 11) is 0. The number of rotatable bonds is 5. The van der Waals surface area contributed by atoms with Crippen LogP contribution in [0.25, 0.3) is 0 Å². The number of hydrogen-bond acceptors (Lipinski definition) is 3. The Kier molecular flexibility index (Phi) is 5.62. The van der Waals surface area contributed by atoms with Crippen molar-refractivity contribution in [2.75, 3.05) is 0 Å². The first-order chi connectivity index (χ1) is 10.0. The lowest BCUT2D eigenvalue weighted by Crippen LogP contribution is -2.44. The second kappa shape index (κ2) is 7.25. The third-order valence-corrected chi connectivity index (χ3v) is 5.05. The van der Waals surface area contributed by atoms with Crippen molar-refractivity contribution in [3.8, 4) is 0 Å². The van der Waals surface area contributed by atoms with E-state index in [1.807, 2.05) is 0 Å². The molecule has 2 unspecified atom stereocenters. The third-order valence-electron chi connectivity index (χ3n) is 5.05. The molecule has 0 aromatic carbocycles. The molecule has 2 aliphatic carbocycles. The molecule has 5 heteroatoms. The summed E-state index contributed by atoms with van der Waals surface area (Å²) in [4.78, 5) is 23.4. The van der Waals surface area contributed by atoms with Crippen molar-refractivity contribution < 1.29 is 19.8 Å². The molecule has 2 aliphatic rings. The van der Waals surface area contributed by atoms with Crippen molar-refractivity contribution >= 4 is 11.9 Å². The smallest absolute Gasteiger partial charge is 0.303 e. The fraction of sp³-hybridized carbons (Fsp3) is 0.875. The Balaban J connectivity index is 1.91. The van der Waals surface area contributed by atoms with Crippen molar-refractivity contribution in [3.63, 3.8) is 0 Å². The lowest BCUT2D eigenvalue weighted by Gasteiger charge is -2.28. The van der Waals surface area contributed by atoms with E-state index in [9.17, 15) is 14.7 Å². The average molecular weight is 297 g/mol. The molecule has 2 atom stereocenters. The number of carbonyl (C=O) groups excluding carboxylic acids is 1. The standard InChI is InChI=1S/C16H27NO4/c18-13-7-3-1-2-6-12(13)17-14(19)10-16(11-15(20)21)8-4-5-9-16/h12-13,18H,1-11H2,(H,17,19)(H,20,21). The predicted molar refractivity (Wildman–Crippen MR) is 78.8 cm³/mol. The van der Waals surface area contributed by atoms with Gasteiger partial charge in [0.25, 0.3) is 0 Å². The number of aliphatic hydroxyl groups excluding tert-OH is 1. The number of carbonyl (C=O) groups is 2. The quantitative estimate of drug-likeness (QED) is 0.679. The number of nitrogens with one attached hydrogen (secondary N) is 1. The van der Waals surface area contributed by atoms with E-state index in [0.29, 0.717) is 0 Å². The van der Waals surface area contributed by atoms with Crippen molar-refractivity contribution in [1.29, 1.82) is 0 Å². The van der Waals surface area contributed by atoms with Crippen LogP contribution in [-0.4, -0.2) is 34.2 Å². The van der Waals surface area contributed by atoms with Crippen LogP contribution in [0.15, 0.2) is 0 Å². The molecule has 3 N–H and O–H groups in total. The Bertz CT molecular complexity index is 376. The molecule has 0 bridgehead atoms. The van der Waals surface area contributed by atoms with E-state index >= 15 is 0 Å². The molecule has 0 aromatic heterocycles. The minimum atomic E-state index is -0.820. The first-order valence-corrected chi connectivity index (χ1v) is 8.20. The fourth-order valence-electron chi connectivity index (χ4n) is 3.92. The highest BCUT2D eigenvalue weighted by atomic mass is 16.4. The van der Waals surface area contributed by atoms with Crippen molar-refractivity contribution in [3.05, 3.63) is 0 Å². The number of aliphatic carboxylic acids is 1.